The number of piperazine rings is 1. The van der Waals surface area contributed by atoms with Crippen LogP contribution in [0.3, 0.4) is 0 Å². The van der Waals surface area contributed by atoms with Gasteiger partial charge < -0.3 is 25.6 Å². The molecule has 2 aromatic carbocycles. The summed E-state index contributed by atoms with van der Waals surface area (Å²) in [5.41, 5.74) is 10.0. The third kappa shape index (κ3) is 4.89. The van der Waals surface area contributed by atoms with E-state index in [1.165, 1.54) is 31.2 Å². The number of amides is 1. The number of aromatic nitrogens is 2. The van der Waals surface area contributed by atoms with Crippen LogP contribution in [0.5, 0.6) is 5.75 Å². The van der Waals surface area contributed by atoms with Crippen molar-refractivity contribution in [1.82, 2.24) is 14.9 Å². The molecule has 35 heavy (non-hydrogen) atoms. The predicted molar refractivity (Wildman–Crippen MR) is 139 cm³/mol. The molecule has 3 N–H and O–H groups in total. The minimum absolute atomic E-state index is 0.0216. The Balaban J connectivity index is 1.31. The van der Waals surface area contributed by atoms with Gasteiger partial charge in [0.1, 0.15) is 5.75 Å². The summed E-state index contributed by atoms with van der Waals surface area (Å²) in [5.74, 6) is 2.01. The lowest BCUT2D eigenvalue weighted by molar-refractivity contribution is -0.132. The fraction of sp³-hybridized carbons (Fsp3) is 0.444. The molecular weight excluding hydrogens is 440 g/mol. The van der Waals surface area contributed by atoms with E-state index in [2.05, 4.69) is 27.3 Å². The Labute approximate surface area is 206 Å². The second-order valence-corrected chi connectivity index (χ2v) is 9.57. The van der Waals surface area contributed by atoms with Crippen molar-refractivity contribution in [2.45, 2.75) is 44.6 Å². The number of fused-ring (bicyclic) bond motifs is 1. The Bertz CT molecular complexity index is 1180. The van der Waals surface area contributed by atoms with E-state index >= 15 is 0 Å². The van der Waals surface area contributed by atoms with E-state index < -0.39 is 6.04 Å². The van der Waals surface area contributed by atoms with Gasteiger partial charge in [0, 0.05) is 54.7 Å². The molecule has 1 saturated carbocycles. The zero-order chi connectivity index (χ0) is 24.4. The van der Waals surface area contributed by atoms with Gasteiger partial charge in [-0.25, -0.2) is 9.97 Å². The number of carbonyl (C=O) groups excluding carboxylic acids is 1. The Hall–Kier alpha value is -3.39. The summed E-state index contributed by atoms with van der Waals surface area (Å²) in [6, 6.07) is 11.9. The molecule has 5 rings (SSSR count). The molecule has 1 aromatic heterocycles. The van der Waals surface area contributed by atoms with Crippen LogP contribution in [0.15, 0.2) is 42.6 Å². The van der Waals surface area contributed by atoms with Crippen molar-refractivity contribution < 1.29 is 9.53 Å². The normalized spacial score (nSPS) is 17.6. The van der Waals surface area contributed by atoms with Crippen molar-refractivity contribution in [1.29, 1.82) is 0 Å². The highest BCUT2D eigenvalue weighted by molar-refractivity contribution is 5.85. The molecule has 1 atom stereocenters. The van der Waals surface area contributed by atoms with Crippen LogP contribution in [0.4, 0.5) is 17.3 Å². The summed E-state index contributed by atoms with van der Waals surface area (Å²) in [5, 5.41) is 4.40. The van der Waals surface area contributed by atoms with Gasteiger partial charge in [-0.2, -0.15) is 0 Å². The van der Waals surface area contributed by atoms with Gasteiger partial charge in [-0.3, -0.25) is 4.79 Å². The highest BCUT2D eigenvalue weighted by atomic mass is 16.5. The Morgan fingerprint density at radius 3 is 2.46 bits per heavy atom. The smallest absolute Gasteiger partial charge is 0.239 e. The van der Waals surface area contributed by atoms with Crippen molar-refractivity contribution in [2.24, 2.45) is 5.73 Å². The summed E-state index contributed by atoms with van der Waals surface area (Å²) in [6.45, 7) is 4.72. The number of methoxy groups -OCH3 is 1. The van der Waals surface area contributed by atoms with Crippen LogP contribution in [0.25, 0.3) is 10.9 Å². The number of carbonyl (C=O) groups is 1. The summed E-state index contributed by atoms with van der Waals surface area (Å²) in [7, 11) is 1.73. The molecule has 2 fully saturated rings. The molecule has 1 unspecified atom stereocenters. The van der Waals surface area contributed by atoms with Gasteiger partial charge in [-0.1, -0.05) is 12.8 Å². The Kier molecular flexibility index (Phi) is 6.72. The lowest BCUT2D eigenvalue weighted by atomic mass is 9.94. The molecule has 0 bridgehead atoms. The number of benzene rings is 2. The van der Waals surface area contributed by atoms with E-state index in [4.69, 9.17) is 15.5 Å². The maximum Gasteiger partial charge on any atom is 0.239 e. The fourth-order valence-electron chi connectivity index (χ4n) is 5.31. The molecule has 0 spiro atoms. The first-order chi connectivity index (χ1) is 17.0. The van der Waals surface area contributed by atoms with Gasteiger partial charge in [-0.05, 0) is 62.1 Å². The molecule has 2 aliphatic rings. The number of nitrogens with zero attached hydrogens (tertiary/aromatic N) is 4. The standard InChI is InChI=1S/C27H34N6O2/c1-18(28)26(34)33-15-13-32(14-16-33)22-10-8-21(9-11-22)30-27-29-17-20-7-12-23(35-2)24(25(20)31-27)19-5-3-4-6-19/h7-12,17-19H,3-6,13-16,28H2,1-2H3,(H,29,30,31). The molecule has 1 aliphatic heterocycles. The van der Waals surface area contributed by atoms with Crippen molar-refractivity contribution in [3.8, 4) is 5.75 Å². The molecular formula is C27H34N6O2. The van der Waals surface area contributed by atoms with Crippen LogP contribution >= 0.6 is 0 Å². The van der Waals surface area contributed by atoms with E-state index in [0.717, 1.165) is 41.1 Å². The Morgan fingerprint density at radius 2 is 1.80 bits per heavy atom. The maximum atomic E-state index is 12.1. The highest BCUT2D eigenvalue weighted by Crippen LogP contribution is 2.42. The van der Waals surface area contributed by atoms with Crippen molar-refractivity contribution in [2.75, 3.05) is 43.5 Å². The van der Waals surface area contributed by atoms with Crippen LogP contribution in [0.2, 0.25) is 0 Å². The highest BCUT2D eigenvalue weighted by Gasteiger charge is 2.25. The lowest BCUT2D eigenvalue weighted by Gasteiger charge is -2.36. The average Bonchev–Trinajstić information content (AvgIpc) is 3.42. The van der Waals surface area contributed by atoms with Crippen molar-refractivity contribution in [3.05, 3.63) is 48.2 Å². The molecule has 1 saturated heterocycles. The molecule has 1 amide bonds. The van der Waals surface area contributed by atoms with Gasteiger partial charge in [-0.15, -0.1) is 0 Å². The van der Waals surface area contributed by atoms with E-state index in [1.54, 1.807) is 14.0 Å². The lowest BCUT2D eigenvalue weighted by Crippen LogP contribution is -2.52. The van der Waals surface area contributed by atoms with Crippen molar-refractivity contribution in [3.63, 3.8) is 0 Å². The summed E-state index contributed by atoms with van der Waals surface area (Å²) in [4.78, 5) is 25.7. The van der Waals surface area contributed by atoms with Gasteiger partial charge >= 0.3 is 0 Å². The number of anilines is 3. The van der Waals surface area contributed by atoms with E-state index in [1.807, 2.05) is 35.4 Å². The predicted octanol–water partition coefficient (Wildman–Crippen LogP) is 4.04. The first-order valence-electron chi connectivity index (χ1n) is 12.5. The monoisotopic (exact) mass is 474 g/mol. The minimum Gasteiger partial charge on any atom is -0.496 e. The van der Waals surface area contributed by atoms with E-state index in [9.17, 15) is 4.79 Å². The summed E-state index contributed by atoms with van der Waals surface area (Å²) in [6.07, 6.45) is 6.75. The summed E-state index contributed by atoms with van der Waals surface area (Å²) >= 11 is 0. The van der Waals surface area contributed by atoms with Gasteiger partial charge in [0.2, 0.25) is 11.9 Å². The topological polar surface area (TPSA) is 96.6 Å². The van der Waals surface area contributed by atoms with Crippen LogP contribution in [-0.4, -0.2) is 60.1 Å². The first-order valence-corrected chi connectivity index (χ1v) is 12.5. The molecule has 2 heterocycles. The van der Waals surface area contributed by atoms with Gasteiger partial charge in [0.05, 0.1) is 18.7 Å². The van der Waals surface area contributed by atoms with E-state index in [0.29, 0.717) is 25.0 Å². The number of nitrogens with two attached hydrogens (primary N) is 1. The SMILES string of the molecule is COc1ccc2cnc(Nc3ccc(N4CCN(C(=O)C(C)N)CC4)cc3)nc2c1C1CCCC1. The number of ether oxygens (including phenoxy) is 1. The number of nitrogens with one attached hydrogen (secondary N) is 1. The van der Waals surface area contributed by atoms with Gasteiger partial charge in [0.15, 0.2) is 0 Å². The third-order valence-corrected chi connectivity index (χ3v) is 7.20. The number of hydrogen-bond acceptors (Lipinski definition) is 7. The zero-order valence-corrected chi connectivity index (χ0v) is 20.5. The molecule has 0 radical (unpaired) electrons. The van der Waals surface area contributed by atoms with Crippen LogP contribution in [0.1, 0.15) is 44.1 Å². The molecule has 8 heteroatoms. The molecule has 8 nitrogen and oxygen atoms in total. The second-order valence-electron chi connectivity index (χ2n) is 9.57. The Morgan fingerprint density at radius 1 is 1.09 bits per heavy atom. The summed E-state index contributed by atoms with van der Waals surface area (Å²) < 4.78 is 5.71. The number of hydrogen-bond donors (Lipinski definition) is 2. The largest absolute Gasteiger partial charge is 0.496 e. The molecule has 184 valence electrons. The van der Waals surface area contributed by atoms with Crippen molar-refractivity contribution >= 4 is 34.1 Å². The van der Waals surface area contributed by atoms with Gasteiger partial charge in [0.25, 0.3) is 0 Å². The van der Waals surface area contributed by atoms with Crippen LogP contribution < -0.4 is 20.7 Å². The molecule has 1 aliphatic carbocycles. The average molecular weight is 475 g/mol. The molecule has 3 aromatic rings. The van der Waals surface area contributed by atoms with Crippen LogP contribution in [0, 0.1) is 0 Å². The number of rotatable bonds is 6. The zero-order valence-electron chi connectivity index (χ0n) is 20.5. The maximum absolute atomic E-state index is 12.1. The minimum atomic E-state index is -0.445. The second kappa shape index (κ2) is 10.1. The quantitative estimate of drug-likeness (QED) is 0.557. The third-order valence-electron chi connectivity index (χ3n) is 7.20. The van der Waals surface area contributed by atoms with E-state index in [-0.39, 0.29) is 5.91 Å². The van der Waals surface area contributed by atoms with Crippen LogP contribution in [-0.2, 0) is 4.79 Å². The fourth-order valence-corrected chi connectivity index (χ4v) is 5.31. The first kappa shape index (κ1) is 23.4.